The molecule has 0 aromatic carbocycles. The highest BCUT2D eigenvalue weighted by molar-refractivity contribution is 7.88. The average molecular weight is 349 g/mol. The zero-order valence-electron chi connectivity index (χ0n) is 14.5. The Hall–Kier alpha value is -1.35. The molecule has 8 nitrogen and oxygen atoms in total. The molecule has 1 aliphatic heterocycles. The van der Waals surface area contributed by atoms with E-state index in [2.05, 4.69) is 5.32 Å². The van der Waals surface area contributed by atoms with Crippen molar-refractivity contribution in [1.82, 2.24) is 14.5 Å². The number of hydrogen-bond acceptors (Lipinski definition) is 5. The first kappa shape index (κ1) is 19.7. The molecule has 1 fully saturated rings. The molecule has 1 rings (SSSR count). The molecule has 0 aromatic rings. The minimum absolute atomic E-state index is 0.127. The highest BCUT2D eigenvalue weighted by Crippen LogP contribution is 2.20. The number of sulfonamides is 1. The quantitative estimate of drug-likeness (QED) is 0.775. The summed E-state index contributed by atoms with van der Waals surface area (Å²) in [6, 6.07) is -0.127. The maximum Gasteiger partial charge on any atom is 0.410 e. The van der Waals surface area contributed by atoms with Gasteiger partial charge in [-0.15, -0.1) is 0 Å². The van der Waals surface area contributed by atoms with E-state index in [1.165, 1.54) is 7.05 Å². The Morgan fingerprint density at radius 3 is 2.48 bits per heavy atom. The summed E-state index contributed by atoms with van der Waals surface area (Å²) in [4.78, 5) is 25.6. The van der Waals surface area contributed by atoms with E-state index in [1.54, 1.807) is 25.7 Å². The smallest absolute Gasteiger partial charge is 0.410 e. The largest absolute Gasteiger partial charge is 0.444 e. The molecular weight excluding hydrogens is 322 g/mol. The van der Waals surface area contributed by atoms with Crippen molar-refractivity contribution >= 4 is 22.0 Å². The maximum absolute atomic E-state index is 12.1. The molecule has 1 heterocycles. The lowest BCUT2D eigenvalue weighted by molar-refractivity contribution is -0.121. The van der Waals surface area contributed by atoms with E-state index in [4.69, 9.17) is 4.74 Å². The highest BCUT2D eigenvalue weighted by Gasteiger charge is 2.32. The Balaban J connectivity index is 2.50. The fraction of sp³-hybridized carbons (Fsp3) is 0.857. The lowest BCUT2D eigenvalue weighted by atomic mass is 10.2. The van der Waals surface area contributed by atoms with Crippen molar-refractivity contribution in [2.75, 3.05) is 32.9 Å². The van der Waals surface area contributed by atoms with Gasteiger partial charge in [0.15, 0.2) is 0 Å². The number of carbonyl (C=O) groups is 2. The van der Waals surface area contributed by atoms with E-state index < -0.39 is 21.5 Å². The minimum Gasteiger partial charge on any atom is -0.444 e. The van der Waals surface area contributed by atoms with Crippen LogP contribution in [0.1, 0.15) is 33.6 Å². The topological polar surface area (TPSA) is 96.0 Å². The number of nitrogens with zero attached hydrogens (tertiary/aromatic N) is 2. The molecule has 1 saturated heterocycles. The molecular formula is C14H27N3O5S. The van der Waals surface area contributed by atoms with Gasteiger partial charge in [-0.2, -0.15) is 4.31 Å². The molecule has 0 bridgehead atoms. The molecule has 1 N–H and O–H groups in total. The molecule has 0 radical (unpaired) electrons. The van der Waals surface area contributed by atoms with Crippen molar-refractivity contribution in [3.8, 4) is 0 Å². The van der Waals surface area contributed by atoms with Crippen LogP contribution < -0.4 is 5.32 Å². The molecule has 9 heteroatoms. The first-order valence-electron chi connectivity index (χ1n) is 7.58. The standard InChI is InChI=1S/C14H27N3O5S/c1-14(2,3)22-13(19)17-8-6-7-11(17)9-15-12(18)10-16(4)23(5,20)21/h11H,6-10H2,1-5H3,(H,15,18)/t11-/m0/s1. The Morgan fingerprint density at radius 2 is 1.96 bits per heavy atom. The van der Waals surface area contributed by atoms with Crippen molar-refractivity contribution in [2.45, 2.75) is 45.3 Å². The average Bonchev–Trinajstić information content (AvgIpc) is 2.81. The Bertz CT molecular complexity index is 541. The second-order valence-corrected chi connectivity index (χ2v) is 8.88. The Labute approximate surface area is 138 Å². The number of ether oxygens (including phenoxy) is 1. The number of carbonyl (C=O) groups excluding carboxylic acids is 2. The molecule has 0 unspecified atom stereocenters. The summed E-state index contributed by atoms with van der Waals surface area (Å²) in [5.41, 5.74) is -0.564. The third-order valence-electron chi connectivity index (χ3n) is 3.47. The van der Waals surface area contributed by atoms with Crippen LogP contribution in [-0.2, 0) is 19.6 Å². The van der Waals surface area contributed by atoms with Gasteiger partial charge in [-0.3, -0.25) is 4.79 Å². The predicted octanol–water partition coefficient (Wildman–Crippen LogP) is 0.394. The van der Waals surface area contributed by atoms with E-state index in [0.29, 0.717) is 6.54 Å². The van der Waals surface area contributed by atoms with Crippen molar-refractivity contribution in [2.24, 2.45) is 0 Å². The van der Waals surface area contributed by atoms with E-state index in [-0.39, 0.29) is 25.2 Å². The van der Waals surface area contributed by atoms with Crippen LogP contribution in [0.15, 0.2) is 0 Å². The van der Waals surface area contributed by atoms with Crippen LogP contribution in [0.5, 0.6) is 0 Å². The van der Waals surface area contributed by atoms with Crippen LogP contribution in [0.4, 0.5) is 4.79 Å². The van der Waals surface area contributed by atoms with Crippen molar-refractivity contribution in [3.63, 3.8) is 0 Å². The third-order valence-corrected chi connectivity index (χ3v) is 4.73. The molecule has 0 saturated carbocycles. The van der Waals surface area contributed by atoms with Crippen LogP contribution in [0, 0.1) is 0 Å². The number of rotatable bonds is 5. The molecule has 1 aliphatic rings. The zero-order valence-corrected chi connectivity index (χ0v) is 15.3. The number of hydrogen-bond donors (Lipinski definition) is 1. The molecule has 2 amide bonds. The second-order valence-electron chi connectivity index (χ2n) is 6.79. The summed E-state index contributed by atoms with van der Waals surface area (Å²) in [6.07, 6.45) is 2.29. The van der Waals surface area contributed by atoms with Crippen molar-refractivity contribution < 1.29 is 22.7 Å². The van der Waals surface area contributed by atoms with Crippen molar-refractivity contribution in [1.29, 1.82) is 0 Å². The predicted molar refractivity (Wildman–Crippen MR) is 86.4 cm³/mol. The lowest BCUT2D eigenvalue weighted by Crippen LogP contribution is -2.47. The zero-order chi connectivity index (χ0) is 17.8. The van der Waals surface area contributed by atoms with Gasteiger partial charge in [0.1, 0.15) is 5.60 Å². The maximum atomic E-state index is 12.1. The van der Waals surface area contributed by atoms with E-state index in [1.807, 2.05) is 0 Å². The molecule has 1 atom stereocenters. The first-order valence-corrected chi connectivity index (χ1v) is 9.42. The summed E-state index contributed by atoms with van der Waals surface area (Å²) < 4.78 is 28.9. The number of amides is 2. The molecule has 0 aliphatic carbocycles. The van der Waals surface area contributed by atoms with Gasteiger partial charge in [0.2, 0.25) is 15.9 Å². The van der Waals surface area contributed by atoms with Gasteiger partial charge >= 0.3 is 6.09 Å². The van der Waals surface area contributed by atoms with Gasteiger partial charge < -0.3 is 15.0 Å². The minimum atomic E-state index is -3.39. The van der Waals surface area contributed by atoms with Crippen LogP contribution in [0.25, 0.3) is 0 Å². The normalized spacial score (nSPS) is 19.0. The SMILES string of the molecule is CN(CC(=O)NC[C@@H]1CCCN1C(=O)OC(C)(C)C)S(C)(=O)=O. The highest BCUT2D eigenvalue weighted by atomic mass is 32.2. The summed E-state index contributed by atoms with van der Waals surface area (Å²) in [7, 11) is -2.05. The van der Waals surface area contributed by atoms with E-state index >= 15 is 0 Å². The van der Waals surface area contributed by atoms with Crippen LogP contribution in [0.2, 0.25) is 0 Å². The molecule has 23 heavy (non-hydrogen) atoms. The molecule has 0 spiro atoms. The van der Waals surface area contributed by atoms with E-state index in [9.17, 15) is 18.0 Å². The molecule has 0 aromatic heterocycles. The summed E-state index contributed by atoms with van der Waals surface area (Å²) >= 11 is 0. The third kappa shape index (κ3) is 6.74. The lowest BCUT2D eigenvalue weighted by Gasteiger charge is -2.28. The second kappa shape index (κ2) is 7.48. The monoisotopic (exact) mass is 349 g/mol. The summed E-state index contributed by atoms with van der Waals surface area (Å²) in [5.74, 6) is -0.394. The van der Waals surface area contributed by atoms with Gasteiger partial charge in [-0.25, -0.2) is 13.2 Å². The van der Waals surface area contributed by atoms with Gasteiger partial charge in [0.05, 0.1) is 18.8 Å². The fourth-order valence-corrected chi connectivity index (χ4v) is 2.57. The van der Waals surface area contributed by atoms with Crippen molar-refractivity contribution in [3.05, 3.63) is 0 Å². The summed E-state index contributed by atoms with van der Waals surface area (Å²) in [5, 5.41) is 2.68. The summed E-state index contributed by atoms with van der Waals surface area (Å²) in [6.45, 7) is 6.06. The number of nitrogens with one attached hydrogen (secondary N) is 1. The van der Waals surface area contributed by atoms with Gasteiger partial charge in [0, 0.05) is 20.1 Å². The van der Waals surface area contributed by atoms with Crippen LogP contribution >= 0.6 is 0 Å². The Morgan fingerprint density at radius 1 is 1.35 bits per heavy atom. The number of likely N-dealkylation sites (tertiary alicyclic amines) is 1. The van der Waals surface area contributed by atoms with Gasteiger partial charge in [0.25, 0.3) is 0 Å². The van der Waals surface area contributed by atoms with Crippen LogP contribution in [-0.4, -0.2) is 74.2 Å². The first-order chi connectivity index (χ1) is 10.4. The number of likely N-dealkylation sites (N-methyl/N-ethyl adjacent to an activating group) is 1. The van der Waals surface area contributed by atoms with Gasteiger partial charge in [-0.05, 0) is 33.6 Å². The van der Waals surface area contributed by atoms with E-state index in [0.717, 1.165) is 23.4 Å². The van der Waals surface area contributed by atoms with Crippen LogP contribution in [0.3, 0.4) is 0 Å². The van der Waals surface area contributed by atoms with Gasteiger partial charge in [-0.1, -0.05) is 0 Å². The fourth-order valence-electron chi connectivity index (χ4n) is 2.22. The molecule has 134 valence electrons. The Kier molecular flexibility index (Phi) is 6.41.